The number of rotatable bonds is 5. The zero-order valence-corrected chi connectivity index (χ0v) is 11.2. The van der Waals surface area contributed by atoms with E-state index in [1.807, 2.05) is 6.92 Å². The van der Waals surface area contributed by atoms with Gasteiger partial charge in [0, 0.05) is 29.3 Å². The van der Waals surface area contributed by atoms with E-state index in [2.05, 4.69) is 5.92 Å². The van der Waals surface area contributed by atoms with Gasteiger partial charge in [0.2, 0.25) is 0 Å². The van der Waals surface area contributed by atoms with Crippen LogP contribution >= 0.6 is 11.6 Å². The van der Waals surface area contributed by atoms with Crippen molar-refractivity contribution >= 4 is 23.2 Å². The summed E-state index contributed by atoms with van der Waals surface area (Å²) in [6, 6.07) is 3.80. The van der Waals surface area contributed by atoms with Crippen LogP contribution in [0.15, 0.2) is 18.2 Å². The molecule has 0 N–H and O–H groups in total. The monoisotopic (exact) mass is 280 g/mol. The molecule has 0 spiro atoms. The van der Waals surface area contributed by atoms with Crippen molar-refractivity contribution in [2.45, 2.75) is 13.3 Å². The minimum Gasteiger partial charge on any atom is -0.328 e. The summed E-state index contributed by atoms with van der Waals surface area (Å²) in [4.78, 5) is 23.8. The quantitative estimate of drug-likeness (QED) is 0.473. The molecule has 0 saturated carbocycles. The van der Waals surface area contributed by atoms with E-state index in [0.717, 1.165) is 6.42 Å². The van der Waals surface area contributed by atoms with Crippen molar-refractivity contribution in [1.29, 1.82) is 0 Å². The van der Waals surface area contributed by atoms with Crippen molar-refractivity contribution < 1.29 is 9.72 Å². The minimum absolute atomic E-state index is 0.148. The molecule has 6 heteroatoms. The summed E-state index contributed by atoms with van der Waals surface area (Å²) >= 11 is 5.78. The van der Waals surface area contributed by atoms with Crippen molar-refractivity contribution in [3.63, 3.8) is 0 Å². The van der Waals surface area contributed by atoms with Crippen LogP contribution in [-0.4, -0.2) is 28.8 Å². The lowest BCUT2D eigenvalue weighted by molar-refractivity contribution is -0.384. The van der Waals surface area contributed by atoms with Crippen molar-refractivity contribution in [2.24, 2.45) is 0 Å². The number of hydrogen-bond acceptors (Lipinski definition) is 3. The number of amides is 1. The molecular weight excluding hydrogens is 268 g/mol. The first-order valence-corrected chi connectivity index (χ1v) is 6.05. The van der Waals surface area contributed by atoms with Crippen molar-refractivity contribution in [2.75, 3.05) is 13.1 Å². The number of carbonyl (C=O) groups is 1. The van der Waals surface area contributed by atoms with E-state index in [1.165, 1.54) is 23.1 Å². The molecule has 0 heterocycles. The van der Waals surface area contributed by atoms with E-state index in [1.54, 1.807) is 0 Å². The predicted octanol–water partition coefficient (Wildman–Crippen LogP) is 2.73. The molecule has 0 unspecified atom stereocenters. The summed E-state index contributed by atoms with van der Waals surface area (Å²) in [7, 11) is 0. The average Bonchev–Trinajstić information content (AvgIpc) is 2.37. The summed E-state index contributed by atoms with van der Waals surface area (Å²) in [5.41, 5.74) is -0.0455. The van der Waals surface area contributed by atoms with E-state index in [0.29, 0.717) is 6.54 Å². The normalized spacial score (nSPS) is 9.74. The molecule has 100 valence electrons. The zero-order valence-electron chi connectivity index (χ0n) is 10.4. The Morgan fingerprint density at radius 1 is 1.53 bits per heavy atom. The van der Waals surface area contributed by atoms with E-state index in [9.17, 15) is 14.9 Å². The summed E-state index contributed by atoms with van der Waals surface area (Å²) in [5.74, 6) is 2.04. The molecule has 0 radical (unpaired) electrons. The lowest BCUT2D eigenvalue weighted by Gasteiger charge is -2.19. The summed E-state index contributed by atoms with van der Waals surface area (Å²) in [6.07, 6.45) is 5.95. The molecule has 5 nitrogen and oxygen atoms in total. The van der Waals surface area contributed by atoms with Gasteiger partial charge in [-0.2, -0.15) is 0 Å². The number of carbonyl (C=O) groups excluding carboxylic acids is 1. The molecule has 0 aromatic heterocycles. The molecule has 0 fully saturated rings. The molecule has 1 aromatic carbocycles. The fraction of sp³-hybridized carbons (Fsp3) is 0.308. The van der Waals surface area contributed by atoms with E-state index >= 15 is 0 Å². The smallest absolute Gasteiger partial charge is 0.271 e. The molecule has 0 atom stereocenters. The average molecular weight is 281 g/mol. The number of non-ortho nitro benzene ring substituents is 1. The molecule has 1 aromatic rings. The third-order valence-corrected chi connectivity index (χ3v) is 2.62. The minimum atomic E-state index is -0.589. The molecule has 19 heavy (non-hydrogen) atoms. The number of terminal acetylenes is 1. The molecule has 0 aliphatic carbocycles. The van der Waals surface area contributed by atoms with Gasteiger partial charge in [-0.3, -0.25) is 14.9 Å². The Morgan fingerprint density at radius 3 is 2.74 bits per heavy atom. The second-order valence-corrected chi connectivity index (χ2v) is 4.32. The number of nitro groups is 1. The topological polar surface area (TPSA) is 63.5 Å². The van der Waals surface area contributed by atoms with E-state index < -0.39 is 4.92 Å². The van der Waals surface area contributed by atoms with E-state index in [4.69, 9.17) is 18.0 Å². The molecule has 0 aliphatic rings. The molecule has 1 amide bonds. The van der Waals surface area contributed by atoms with Crippen LogP contribution in [0.4, 0.5) is 5.69 Å². The second-order valence-electron chi connectivity index (χ2n) is 3.89. The zero-order chi connectivity index (χ0) is 14.4. The SMILES string of the molecule is C#CCN(CCC)C(=O)c1cc(Cl)cc([N+](=O)[O-])c1. The van der Waals surface area contributed by atoms with Gasteiger partial charge in [-0.1, -0.05) is 24.4 Å². The van der Waals surface area contributed by atoms with Gasteiger partial charge in [-0.15, -0.1) is 6.42 Å². The molecule has 0 aliphatic heterocycles. The van der Waals surface area contributed by atoms with Crippen molar-refractivity contribution in [3.05, 3.63) is 38.9 Å². The third kappa shape index (κ3) is 3.97. The van der Waals surface area contributed by atoms with Gasteiger partial charge in [0.15, 0.2) is 0 Å². The van der Waals surface area contributed by atoms with Gasteiger partial charge in [-0.25, -0.2) is 0 Å². The van der Waals surface area contributed by atoms with Gasteiger partial charge >= 0.3 is 0 Å². The largest absolute Gasteiger partial charge is 0.328 e. The van der Waals surface area contributed by atoms with Crippen LogP contribution in [0.2, 0.25) is 5.02 Å². The molecule has 0 bridgehead atoms. The van der Waals surface area contributed by atoms with Crippen molar-refractivity contribution in [3.8, 4) is 12.3 Å². The highest BCUT2D eigenvalue weighted by Crippen LogP contribution is 2.22. The first-order valence-electron chi connectivity index (χ1n) is 5.67. The Morgan fingerprint density at radius 2 is 2.21 bits per heavy atom. The van der Waals surface area contributed by atoms with Crippen LogP contribution in [0, 0.1) is 22.5 Å². The molecule has 1 rings (SSSR count). The number of nitrogens with zero attached hydrogens (tertiary/aromatic N) is 2. The maximum atomic E-state index is 12.2. The van der Waals surface area contributed by atoms with Crippen LogP contribution < -0.4 is 0 Å². The third-order valence-electron chi connectivity index (χ3n) is 2.40. The van der Waals surface area contributed by atoms with Gasteiger partial charge in [-0.05, 0) is 12.5 Å². The number of benzene rings is 1. The Labute approximate surface area is 116 Å². The van der Waals surface area contributed by atoms with Gasteiger partial charge < -0.3 is 4.90 Å². The van der Waals surface area contributed by atoms with Crippen LogP contribution in [0.1, 0.15) is 23.7 Å². The highest BCUT2D eigenvalue weighted by atomic mass is 35.5. The van der Waals surface area contributed by atoms with Crippen LogP contribution in [-0.2, 0) is 0 Å². The van der Waals surface area contributed by atoms with Gasteiger partial charge in [0.25, 0.3) is 11.6 Å². The lowest BCUT2D eigenvalue weighted by atomic mass is 10.1. The highest BCUT2D eigenvalue weighted by molar-refractivity contribution is 6.31. The maximum Gasteiger partial charge on any atom is 0.271 e. The van der Waals surface area contributed by atoms with Crippen molar-refractivity contribution in [1.82, 2.24) is 4.90 Å². The van der Waals surface area contributed by atoms with E-state index in [-0.39, 0.29) is 28.7 Å². The fourth-order valence-electron chi connectivity index (χ4n) is 1.62. The molecule has 0 saturated heterocycles. The Kier molecular flexibility index (Phi) is 5.34. The number of nitro benzene ring substituents is 1. The fourth-order valence-corrected chi connectivity index (χ4v) is 1.85. The van der Waals surface area contributed by atoms with Crippen LogP contribution in [0.25, 0.3) is 0 Å². The lowest BCUT2D eigenvalue weighted by Crippen LogP contribution is -2.32. The highest BCUT2D eigenvalue weighted by Gasteiger charge is 2.18. The second kappa shape index (κ2) is 6.76. The summed E-state index contributed by atoms with van der Waals surface area (Å²) in [6.45, 7) is 2.56. The van der Waals surface area contributed by atoms with Gasteiger partial charge in [0.05, 0.1) is 11.5 Å². The maximum absolute atomic E-state index is 12.2. The Bertz CT molecular complexity index is 537. The standard InChI is InChI=1S/C13H13ClN2O3/c1-3-5-15(6-4-2)13(17)10-7-11(14)9-12(8-10)16(18)19/h1,7-9H,4-6H2,2H3. The summed E-state index contributed by atoms with van der Waals surface area (Å²) < 4.78 is 0. The molecular formula is C13H13ClN2O3. The van der Waals surface area contributed by atoms with Crippen LogP contribution in [0.5, 0.6) is 0 Å². The summed E-state index contributed by atoms with van der Waals surface area (Å²) in [5, 5.41) is 10.9. The number of halogens is 1. The number of hydrogen-bond donors (Lipinski definition) is 0. The Hall–Kier alpha value is -2.06. The Balaban J connectivity index is 3.10. The van der Waals surface area contributed by atoms with Crippen LogP contribution in [0.3, 0.4) is 0 Å². The predicted molar refractivity (Wildman–Crippen MR) is 73.1 cm³/mol. The first-order chi connectivity index (χ1) is 8.99. The first kappa shape index (κ1) is 15.0. The van der Waals surface area contributed by atoms with Gasteiger partial charge in [0.1, 0.15) is 0 Å².